The average Bonchev–Trinajstić information content (AvgIpc) is 3.63. The number of amides is 1. The minimum Gasteiger partial charge on any atom is -0.465 e. The number of ether oxygens (including phenoxy) is 1. The molecular formula is C25H21N5O4. The molecule has 0 bridgehead atoms. The van der Waals surface area contributed by atoms with Crippen molar-refractivity contribution < 1.29 is 18.7 Å². The minimum absolute atomic E-state index is 0.00383. The summed E-state index contributed by atoms with van der Waals surface area (Å²) >= 11 is 0. The van der Waals surface area contributed by atoms with Gasteiger partial charge in [0.1, 0.15) is 5.76 Å². The second kappa shape index (κ2) is 9.53. The first kappa shape index (κ1) is 21.3. The number of tetrazole rings is 1. The molecule has 0 fully saturated rings. The van der Waals surface area contributed by atoms with Crippen LogP contribution in [0.1, 0.15) is 23.3 Å². The zero-order valence-electron chi connectivity index (χ0n) is 18.2. The largest absolute Gasteiger partial charge is 0.465 e. The van der Waals surface area contributed by atoms with Crippen molar-refractivity contribution in [3.8, 4) is 11.4 Å². The summed E-state index contributed by atoms with van der Waals surface area (Å²) < 4.78 is 11.9. The molecule has 0 saturated heterocycles. The van der Waals surface area contributed by atoms with Gasteiger partial charge in [0.25, 0.3) is 5.91 Å². The van der Waals surface area contributed by atoms with E-state index >= 15 is 0 Å². The van der Waals surface area contributed by atoms with Gasteiger partial charge < -0.3 is 14.5 Å². The standard InChI is InChI=1S/C25H21N5O4/c31-23(26-20-12-11-17-8-4-9-19(17)14-20)16-34-25(32)22(15-21-10-5-13-33-21)30-24(27-28-29-30)18-6-2-1-3-7-18/h1-3,5-7,10-15H,4,8-9,16H2,(H,26,31). The third kappa shape index (κ3) is 4.63. The number of anilines is 1. The van der Waals surface area contributed by atoms with Crippen LogP contribution in [0.5, 0.6) is 0 Å². The summed E-state index contributed by atoms with van der Waals surface area (Å²) in [7, 11) is 0. The van der Waals surface area contributed by atoms with Gasteiger partial charge in [0.05, 0.1) is 6.26 Å². The number of hydrogen-bond donors (Lipinski definition) is 1. The Morgan fingerprint density at radius 2 is 1.91 bits per heavy atom. The Kier molecular flexibility index (Phi) is 5.98. The highest BCUT2D eigenvalue weighted by molar-refractivity contribution is 6.16. The number of esters is 1. The molecule has 1 N–H and O–H groups in total. The number of rotatable bonds is 7. The summed E-state index contributed by atoms with van der Waals surface area (Å²) in [4.78, 5) is 25.5. The van der Waals surface area contributed by atoms with E-state index in [-0.39, 0.29) is 5.70 Å². The van der Waals surface area contributed by atoms with Crippen molar-refractivity contribution in [1.82, 2.24) is 20.2 Å². The van der Waals surface area contributed by atoms with Crippen LogP contribution in [0.15, 0.2) is 71.3 Å². The summed E-state index contributed by atoms with van der Waals surface area (Å²) in [5.41, 5.74) is 3.95. The molecule has 2 heterocycles. The molecule has 2 aromatic carbocycles. The Morgan fingerprint density at radius 1 is 1.06 bits per heavy atom. The first-order valence-electron chi connectivity index (χ1n) is 10.9. The van der Waals surface area contributed by atoms with E-state index in [9.17, 15) is 9.59 Å². The van der Waals surface area contributed by atoms with Crippen molar-refractivity contribution in [3.05, 3.63) is 83.8 Å². The fourth-order valence-electron chi connectivity index (χ4n) is 3.88. The highest BCUT2D eigenvalue weighted by atomic mass is 16.5. The quantitative estimate of drug-likeness (QED) is 0.335. The molecule has 5 rings (SSSR count). The van der Waals surface area contributed by atoms with E-state index in [0.717, 1.165) is 19.3 Å². The minimum atomic E-state index is -0.773. The number of fused-ring (bicyclic) bond motifs is 1. The lowest BCUT2D eigenvalue weighted by atomic mass is 10.1. The molecule has 9 heteroatoms. The van der Waals surface area contributed by atoms with E-state index in [0.29, 0.717) is 22.8 Å². The monoisotopic (exact) mass is 455 g/mol. The Labute approximate surface area is 195 Å². The lowest BCUT2D eigenvalue weighted by Crippen LogP contribution is -2.23. The van der Waals surface area contributed by atoms with Crippen molar-refractivity contribution in [3.63, 3.8) is 0 Å². The van der Waals surface area contributed by atoms with Crippen molar-refractivity contribution in [2.24, 2.45) is 0 Å². The molecule has 1 aliphatic carbocycles. The Hall–Kier alpha value is -4.53. The summed E-state index contributed by atoms with van der Waals surface area (Å²) in [6, 6.07) is 18.4. The van der Waals surface area contributed by atoms with Crippen LogP contribution in [0.4, 0.5) is 5.69 Å². The maximum absolute atomic E-state index is 13.0. The van der Waals surface area contributed by atoms with Crippen molar-refractivity contribution in [2.45, 2.75) is 19.3 Å². The fraction of sp³-hybridized carbons (Fsp3) is 0.160. The second-order valence-corrected chi connectivity index (χ2v) is 7.79. The number of carbonyl (C=O) groups excluding carboxylic acids is 2. The van der Waals surface area contributed by atoms with Crippen molar-refractivity contribution in [2.75, 3.05) is 11.9 Å². The smallest absolute Gasteiger partial charge is 0.357 e. The summed E-state index contributed by atoms with van der Waals surface area (Å²) in [6.07, 6.45) is 6.13. The number of hydrogen-bond acceptors (Lipinski definition) is 7. The van der Waals surface area contributed by atoms with E-state index in [2.05, 4.69) is 20.8 Å². The molecule has 9 nitrogen and oxygen atoms in total. The number of nitrogens with zero attached hydrogens (tertiary/aromatic N) is 4. The van der Waals surface area contributed by atoms with Crippen molar-refractivity contribution >= 4 is 29.3 Å². The van der Waals surface area contributed by atoms with E-state index in [4.69, 9.17) is 9.15 Å². The van der Waals surface area contributed by atoms with Gasteiger partial charge in [0.15, 0.2) is 18.1 Å². The van der Waals surface area contributed by atoms with Gasteiger partial charge in [-0.05, 0) is 65.1 Å². The average molecular weight is 455 g/mol. The number of aromatic nitrogens is 4. The van der Waals surface area contributed by atoms with Crippen LogP contribution >= 0.6 is 0 Å². The molecule has 0 radical (unpaired) electrons. The van der Waals surface area contributed by atoms with E-state index in [1.54, 1.807) is 12.1 Å². The van der Waals surface area contributed by atoms with Gasteiger partial charge in [0.2, 0.25) is 0 Å². The van der Waals surface area contributed by atoms with E-state index in [1.165, 1.54) is 28.1 Å². The van der Waals surface area contributed by atoms with Gasteiger partial charge in [0, 0.05) is 17.3 Å². The molecule has 170 valence electrons. The van der Waals surface area contributed by atoms with Crippen LogP contribution in [0.25, 0.3) is 23.2 Å². The molecule has 4 aromatic rings. The number of aryl methyl sites for hydroxylation is 2. The summed E-state index contributed by atoms with van der Waals surface area (Å²) in [5.74, 6) is -0.462. The van der Waals surface area contributed by atoms with Crippen LogP contribution in [0.2, 0.25) is 0 Å². The maximum atomic E-state index is 13.0. The summed E-state index contributed by atoms with van der Waals surface area (Å²) in [5, 5.41) is 14.5. The highest BCUT2D eigenvalue weighted by Gasteiger charge is 2.22. The lowest BCUT2D eigenvalue weighted by molar-refractivity contribution is -0.141. The van der Waals surface area contributed by atoms with Crippen LogP contribution in [0.3, 0.4) is 0 Å². The molecule has 1 aliphatic rings. The second-order valence-electron chi connectivity index (χ2n) is 7.79. The van der Waals surface area contributed by atoms with Crippen LogP contribution in [0, 0.1) is 0 Å². The zero-order valence-corrected chi connectivity index (χ0v) is 18.2. The van der Waals surface area contributed by atoms with Gasteiger partial charge in [-0.1, -0.05) is 36.4 Å². The van der Waals surface area contributed by atoms with Crippen molar-refractivity contribution in [1.29, 1.82) is 0 Å². The predicted octanol–water partition coefficient (Wildman–Crippen LogP) is 3.60. The molecule has 1 amide bonds. The summed E-state index contributed by atoms with van der Waals surface area (Å²) in [6.45, 7) is -0.464. The molecule has 0 saturated carbocycles. The van der Waals surface area contributed by atoms with Crippen LogP contribution in [-0.2, 0) is 27.2 Å². The van der Waals surface area contributed by atoms with Gasteiger partial charge in [-0.15, -0.1) is 5.10 Å². The maximum Gasteiger partial charge on any atom is 0.357 e. The van der Waals surface area contributed by atoms with Crippen LogP contribution in [-0.4, -0.2) is 38.7 Å². The molecular weight excluding hydrogens is 434 g/mol. The lowest BCUT2D eigenvalue weighted by Gasteiger charge is -2.11. The molecule has 0 spiro atoms. The SMILES string of the molecule is O=C(COC(=O)C(=Cc1ccco1)n1nnnc1-c1ccccc1)Nc1ccc2c(c1)CCC2. The van der Waals surface area contributed by atoms with Gasteiger partial charge in [-0.2, -0.15) is 4.68 Å². The molecule has 2 aromatic heterocycles. The van der Waals surface area contributed by atoms with E-state index in [1.807, 2.05) is 48.5 Å². The zero-order chi connectivity index (χ0) is 23.3. The van der Waals surface area contributed by atoms with Crippen LogP contribution < -0.4 is 5.32 Å². The predicted molar refractivity (Wildman–Crippen MR) is 124 cm³/mol. The van der Waals surface area contributed by atoms with Gasteiger partial charge >= 0.3 is 5.97 Å². The number of furan rings is 1. The molecule has 34 heavy (non-hydrogen) atoms. The molecule has 0 atom stereocenters. The fourth-order valence-corrected chi connectivity index (χ4v) is 3.88. The van der Waals surface area contributed by atoms with Gasteiger partial charge in [-0.25, -0.2) is 4.79 Å². The number of carbonyl (C=O) groups is 2. The van der Waals surface area contributed by atoms with Gasteiger partial charge in [-0.3, -0.25) is 4.79 Å². The Morgan fingerprint density at radius 3 is 2.74 bits per heavy atom. The highest BCUT2D eigenvalue weighted by Crippen LogP contribution is 2.25. The number of benzene rings is 2. The molecule has 0 aliphatic heterocycles. The third-order valence-corrected chi connectivity index (χ3v) is 5.48. The molecule has 0 unspecified atom stereocenters. The first-order valence-corrected chi connectivity index (χ1v) is 10.9. The topological polar surface area (TPSA) is 112 Å². The Bertz CT molecular complexity index is 1340. The van der Waals surface area contributed by atoms with E-state index < -0.39 is 18.5 Å². The Balaban J connectivity index is 1.33. The normalized spacial score (nSPS) is 12.9. The third-order valence-electron chi connectivity index (χ3n) is 5.48. The first-order chi connectivity index (χ1) is 16.7. The number of nitrogens with one attached hydrogen (secondary N) is 1.